The third-order valence-corrected chi connectivity index (χ3v) is 5.51. The molecule has 3 rings (SSSR count). The summed E-state index contributed by atoms with van der Waals surface area (Å²) < 4.78 is 5.28. The fourth-order valence-corrected chi connectivity index (χ4v) is 3.60. The van der Waals surface area contributed by atoms with Gasteiger partial charge in [0.1, 0.15) is 12.4 Å². The summed E-state index contributed by atoms with van der Waals surface area (Å²) in [6.07, 6.45) is 1.54. The van der Waals surface area contributed by atoms with E-state index in [1.807, 2.05) is 42.5 Å². The molecule has 35 heavy (non-hydrogen) atoms. The Bertz CT molecular complexity index is 1170. The number of aliphatic carboxylic acids is 1. The Morgan fingerprint density at radius 1 is 1.06 bits per heavy atom. The van der Waals surface area contributed by atoms with Gasteiger partial charge in [0.05, 0.1) is 12.6 Å². The van der Waals surface area contributed by atoms with Gasteiger partial charge in [-0.25, -0.2) is 9.78 Å². The molecule has 0 bridgehead atoms. The van der Waals surface area contributed by atoms with Gasteiger partial charge >= 0.3 is 12.1 Å². The molecule has 0 spiro atoms. The van der Waals surface area contributed by atoms with Crippen molar-refractivity contribution >= 4 is 46.2 Å². The Morgan fingerprint density at radius 3 is 2.57 bits per heavy atom. The fourth-order valence-electron chi connectivity index (χ4n) is 3.40. The van der Waals surface area contributed by atoms with Crippen molar-refractivity contribution in [3.63, 3.8) is 0 Å². The van der Waals surface area contributed by atoms with Crippen LogP contribution in [0.1, 0.15) is 24.8 Å². The zero-order valence-electron chi connectivity index (χ0n) is 19.0. The van der Waals surface area contributed by atoms with E-state index in [0.717, 1.165) is 16.3 Å². The van der Waals surface area contributed by atoms with Gasteiger partial charge in [-0.2, -0.15) is 0 Å². The highest BCUT2D eigenvalue weighted by molar-refractivity contribution is 6.31. The van der Waals surface area contributed by atoms with Crippen LogP contribution in [0.15, 0.2) is 60.8 Å². The normalized spacial score (nSPS) is 11.6. The maximum Gasteiger partial charge on any atom is 0.412 e. The topological polar surface area (TPSA) is 130 Å². The molecule has 2 amide bonds. The molecule has 0 aliphatic heterocycles. The van der Waals surface area contributed by atoms with Gasteiger partial charge in [0, 0.05) is 29.6 Å². The minimum atomic E-state index is -0.933. The summed E-state index contributed by atoms with van der Waals surface area (Å²) in [4.78, 5) is 39.7. The number of ether oxygens (including phenoxy) is 1. The molecule has 0 aliphatic rings. The third kappa shape index (κ3) is 8.88. The zero-order valence-corrected chi connectivity index (χ0v) is 19.8. The quantitative estimate of drug-likeness (QED) is 0.297. The van der Waals surface area contributed by atoms with Gasteiger partial charge in [0.15, 0.2) is 0 Å². The molecule has 3 aromatic rings. The lowest BCUT2D eigenvalue weighted by Gasteiger charge is -2.19. The number of pyridine rings is 1. The maximum atomic E-state index is 12.4. The van der Waals surface area contributed by atoms with Gasteiger partial charge in [0.2, 0.25) is 5.91 Å². The molecule has 184 valence electrons. The highest BCUT2D eigenvalue weighted by Crippen LogP contribution is 2.16. The molecule has 0 unspecified atom stereocenters. The molecular weight excluding hydrogens is 472 g/mol. The van der Waals surface area contributed by atoms with Crippen LogP contribution in [0.25, 0.3) is 10.8 Å². The molecule has 0 saturated heterocycles. The van der Waals surface area contributed by atoms with E-state index in [2.05, 4.69) is 20.9 Å². The highest BCUT2D eigenvalue weighted by Gasteiger charge is 2.16. The number of amides is 2. The molecule has 2 aromatic carbocycles. The summed E-state index contributed by atoms with van der Waals surface area (Å²) in [5.74, 6) is -0.904. The van der Waals surface area contributed by atoms with Crippen LogP contribution in [-0.4, -0.2) is 47.3 Å². The second kappa shape index (κ2) is 13.3. The number of halogens is 1. The SMILES string of the molecule is O=C(O)CCC[C@@H](COC(=O)Nc1cc2ccccc2cn1)NC(=O)CNCc1ccccc1Cl. The first kappa shape index (κ1) is 25.9. The molecule has 4 N–H and O–H groups in total. The summed E-state index contributed by atoms with van der Waals surface area (Å²) >= 11 is 6.12. The van der Waals surface area contributed by atoms with Gasteiger partial charge in [-0.15, -0.1) is 0 Å². The lowest BCUT2D eigenvalue weighted by atomic mass is 10.1. The number of anilines is 1. The Morgan fingerprint density at radius 2 is 1.80 bits per heavy atom. The number of rotatable bonds is 12. The van der Waals surface area contributed by atoms with Crippen LogP contribution in [0.4, 0.5) is 10.6 Å². The second-order valence-corrected chi connectivity index (χ2v) is 8.29. The van der Waals surface area contributed by atoms with Crippen molar-refractivity contribution in [1.29, 1.82) is 0 Å². The van der Waals surface area contributed by atoms with Crippen LogP contribution in [-0.2, 0) is 20.9 Å². The molecule has 1 atom stereocenters. The van der Waals surface area contributed by atoms with E-state index >= 15 is 0 Å². The van der Waals surface area contributed by atoms with E-state index in [9.17, 15) is 14.4 Å². The number of carboxylic acids is 1. The van der Waals surface area contributed by atoms with Gasteiger partial charge in [-0.05, 0) is 35.9 Å². The van der Waals surface area contributed by atoms with Gasteiger partial charge in [-0.1, -0.05) is 54.1 Å². The predicted octanol–water partition coefficient (Wildman–Crippen LogP) is 3.97. The first-order valence-corrected chi connectivity index (χ1v) is 11.5. The molecule has 0 aliphatic carbocycles. The molecule has 9 nitrogen and oxygen atoms in total. The van der Waals surface area contributed by atoms with Crippen LogP contribution in [0.2, 0.25) is 5.02 Å². The lowest BCUT2D eigenvalue weighted by molar-refractivity contribution is -0.137. The van der Waals surface area contributed by atoms with Crippen molar-refractivity contribution in [2.75, 3.05) is 18.5 Å². The Kier molecular flexibility index (Phi) is 9.82. The summed E-state index contributed by atoms with van der Waals surface area (Å²) in [7, 11) is 0. The first-order chi connectivity index (χ1) is 16.9. The molecule has 10 heteroatoms. The van der Waals surface area contributed by atoms with Gasteiger partial charge < -0.3 is 20.5 Å². The van der Waals surface area contributed by atoms with Crippen LogP contribution in [0.3, 0.4) is 0 Å². The second-order valence-electron chi connectivity index (χ2n) is 7.89. The molecular formula is C25H27ClN4O5. The first-order valence-electron chi connectivity index (χ1n) is 11.1. The number of hydrogen-bond acceptors (Lipinski definition) is 6. The summed E-state index contributed by atoms with van der Waals surface area (Å²) in [5.41, 5.74) is 0.863. The number of benzene rings is 2. The van der Waals surface area contributed by atoms with Crippen molar-refractivity contribution in [2.45, 2.75) is 31.8 Å². The van der Waals surface area contributed by atoms with Crippen molar-refractivity contribution in [3.05, 3.63) is 71.4 Å². The number of nitrogens with one attached hydrogen (secondary N) is 3. The number of hydrogen-bond donors (Lipinski definition) is 4. The monoisotopic (exact) mass is 498 g/mol. The molecule has 0 saturated carbocycles. The minimum Gasteiger partial charge on any atom is -0.481 e. The van der Waals surface area contributed by atoms with E-state index in [4.69, 9.17) is 21.4 Å². The van der Waals surface area contributed by atoms with E-state index in [-0.39, 0.29) is 25.5 Å². The summed E-state index contributed by atoms with van der Waals surface area (Å²) in [5, 5.41) is 19.7. The highest BCUT2D eigenvalue weighted by atomic mass is 35.5. The van der Waals surface area contributed by atoms with Crippen molar-refractivity contribution < 1.29 is 24.2 Å². The van der Waals surface area contributed by atoms with Crippen molar-refractivity contribution in [3.8, 4) is 0 Å². The van der Waals surface area contributed by atoms with Crippen LogP contribution >= 0.6 is 11.6 Å². The molecule has 0 fully saturated rings. The van der Waals surface area contributed by atoms with Crippen molar-refractivity contribution in [2.24, 2.45) is 0 Å². The number of aromatic nitrogens is 1. The summed E-state index contributed by atoms with van der Waals surface area (Å²) in [6, 6.07) is 16.1. The number of carbonyl (C=O) groups excluding carboxylic acids is 2. The lowest BCUT2D eigenvalue weighted by Crippen LogP contribution is -2.43. The van der Waals surface area contributed by atoms with Crippen LogP contribution in [0.5, 0.6) is 0 Å². The number of fused-ring (bicyclic) bond motifs is 1. The van der Waals surface area contributed by atoms with E-state index in [1.165, 1.54) is 0 Å². The number of carboxylic acid groups (broad SMARTS) is 1. The number of nitrogens with zero attached hydrogens (tertiary/aromatic N) is 1. The average Bonchev–Trinajstić information content (AvgIpc) is 2.83. The summed E-state index contributed by atoms with van der Waals surface area (Å²) in [6.45, 7) is 0.317. The Hall–Kier alpha value is -3.69. The largest absolute Gasteiger partial charge is 0.481 e. The predicted molar refractivity (Wildman–Crippen MR) is 133 cm³/mol. The van der Waals surface area contributed by atoms with Crippen LogP contribution < -0.4 is 16.0 Å². The van der Waals surface area contributed by atoms with E-state index in [0.29, 0.717) is 30.2 Å². The number of carbonyl (C=O) groups is 3. The average molecular weight is 499 g/mol. The molecule has 1 heterocycles. The fraction of sp³-hybridized carbons (Fsp3) is 0.280. The molecule has 0 radical (unpaired) electrons. The van der Waals surface area contributed by atoms with Gasteiger partial charge in [0.25, 0.3) is 0 Å². The van der Waals surface area contributed by atoms with Gasteiger partial charge in [-0.3, -0.25) is 14.9 Å². The van der Waals surface area contributed by atoms with Crippen molar-refractivity contribution in [1.82, 2.24) is 15.6 Å². The van der Waals surface area contributed by atoms with E-state index in [1.54, 1.807) is 18.3 Å². The molecule has 1 aromatic heterocycles. The maximum absolute atomic E-state index is 12.4. The minimum absolute atomic E-state index is 0.0217. The Labute approximate surface area is 207 Å². The van der Waals surface area contributed by atoms with E-state index < -0.39 is 18.1 Å². The standard InChI is InChI=1S/C25H27ClN4O5/c26-21-10-4-3-8-19(21)13-27-15-23(31)29-20(9-5-11-24(32)33)16-35-25(34)30-22-12-17-6-1-2-7-18(17)14-28-22/h1-4,6-8,10,12,14,20,27H,5,9,11,13,15-16H2,(H,29,31)(H,32,33)(H,28,30,34)/t20-/m0/s1. The smallest absolute Gasteiger partial charge is 0.412 e. The third-order valence-electron chi connectivity index (χ3n) is 5.14. The zero-order chi connectivity index (χ0) is 25.0. The van der Waals surface area contributed by atoms with Crippen LogP contribution in [0, 0.1) is 0 Å². The Balaban J connectivity index is 1.49.